The molecular weight excluding hydrogens is 282 g/mol. The minimum absolute atomic E-state index is 0.366. The summed E-state index contributed by atoms with van der Waals surface area (Å²) in [6.07, 6.45) is 0. The number of hydrogen-bond donors (Lipinski definition) is 0. The molecule has 0 saturated carbocycles. The Balaban J connectivity index is 2.25. The predicted octanol–water partition coefficient (Wildman–Crippen LogP) is 2.90. The Hall–Kier alpha value is -2.01. The van der Waals surface area contributed by atoms with Gasteiger partial charge >= 0.3 is 5.91 Å². The van der Waals surface area contributed by atoms with Crippen LogP contribution < -0.4 is 10.3 Å². The van der Waals surface area contributed by atoms with Gasteiger partial charge in [0.25, 0.3) is 5.56 Å². The molecule has 0 spiro atoms. The van der Waals surface area contributed by atoms with E-state index in [0.717, 1.165) is 0 Å². The molecule has 0 amide bonds. The molecule has 20 heavy (non-hydrogen) atoms. The largest absolute Gasteiger partial charge is 0.478 e. The van der Waals surface area contributed by atoms with Crippen LogP contribution in [-0.4, -0.2) is 16.2 Å². The summed E-state index contributed by atoms with van der Waals surface area (Å²) in [6.45, 7) is 4.72. The van der Waals surface area contributed by atoms with Crippen LogP contribution in [0.2, 0.25) is 5.02 Å². The summed E-state index contributed by atoms with van der Waals surface area (Å²) in [5.41, 5.74) is -1.76. The molecule has 0 atom stereocenters. The number of halogens is 1. The molecule has 0 aliphatic carbocycles. The van der Waals surface area contributed by atoms with E-state index in [2.05, 4.69) is 0 Å². The Morgan fingerprint density at radius 1 is 1.30 bits per heavy atom. The van der Waals surface area contributed by atoms with Crippen LogP contribution >= 0.6 is 11.6 Å². The third kappa shape index (κ3) is 2.93. The monoisotopic (exact) mass is 295 g/mol. The number of carbonyl (C=O) groups excluding carboxylic acids is 1. The van der Waals surface area contributed by atoms with Crippen molar-refractivity contribution in [1.82, 2.24) is 4.74 Å². The Morgan fingerprint density at radius 3 is 2.40 bits per heavy atom. The number of benzene rings is 1. The fourth-order valence-corrected chi connectivity index (χ4v) is 1.80. The van der Waals surface area contributed by atoms with E-state index >= 15 is 0 Å². The lowest BCUT2D eigenvalue weighted by atomic mass is 10.1. The molecule has 1 aromatic heterocycles. The highest BCUT2D eigenvalue weighted by molar-refractivity contribution is 6.30. The first-order valence-electron chi connectivity index (χ1n) is 5.99. The molecule has 5 nitrogen and oxygen atoms in total. The Morgan fingerprint density at radius 2 is 1.90 bits per heavy atom. The zero-order chi connectivity index (χ0) is 14.9. The van der Waals surface area contributed by atoms with Crippen LogP contribution in [0.25, 0.3) is 0 Å². The molecule has 1 aromatic carbocycles. The zero-order valence-electron chi connectivity index (χ0n) is 11.3. The molecular formula is C14H14ClNO4. The van der Waals surface area contributed by atoms with Crippen molar-refractivity contribution in [2.24, 2.45) is 0 Å². The summed E-state index contributed by atoms with van der Waals surface area (Å²) in [6, 6.07) is 7.85. The first kappa shape index (κ1) is 14.4. The van der Waals surface area contributed by atoms with Crippen LogP contribution in [-0.2, 0) is 0 Å². The molecule has 2 aromatic rings. The van der Waals surface area contributed by atoms with Crippen molar-refractivity contribution in [2.75, 3.05) is 0 Å². The van der Waals surface area contributed by atoms with E-state index in [1.165, 1.54) is 6.07 Å². The van der Waals surface area contributed by atoms with Crippen molar-refractivity contribution in [3.05, 3.63) is 51.5 Å². The Kier molecular flexibility index (Phi) is 3.72. The van der Waals surface area contributed by atoms with Crippen molar-refractivity contribution in [3.8, 4) is 5.75 Å². The van der Waals surface area contributed by atoms with Gasteiger partial charge in [-0.05, 0) is 45.0 Å². The van der Waals surface area contributed by atoms with Crippen LogP contribution in [0.5, 0.6) is 5.75 Å². The normalized spacial score (nSPS) is 11.4. The number of nitrogens with zero attached hydrogens (tertiary/aromatic N) is 1. The van der Waals surface area contributed by atoms with Crippen LogP contribution in [0.4, 0.5) is 0 Å². The SMILES string of the molecule is Cc1cc(=O)n(C(=O)C(C)(C)Oc2ccc(Cl)cc2)o1. The molecule has 0 aliphatic heterocycles. The zero-order valence-corrected chi connectivity index (χ0v) is 12.1. The third-order valence-electron chi connectivity index (χ3n) is 2.65. The molecule has 6 heteroatoms. The number of aromatic nitrogens is 1. The lowest BCUT2D eigenvalue weighted by Crippen LogP contribution is -2.44. The number of hydrogen-bond acceptors (Lipinski definition) is 4. The highest BCUT2D eigenvalue weighted by Crippen LogP contribution is 2.21. The average molecular weight is 296 g/mol. The fourth-order valence-electron chi connectivity index (χ4n) is 1.67. The van der Waals surface area contributed by atoms with Gasteiger partial charge < -0.3 is 9.26 Å². The quantitative estimate of drug-likeness (QED) is 0.873. The van der Waals surface area contributed by atoms with Crippen LogP contribution in [0.1, 0.15) is 24.4 Å². The lowest BCUT2D eigenvalue weighted by molar-refractivity contribution is 0.0354. The average Bonchev–Trinajstić information content (AvgIpc) is 2.70. The van der Waals surface area contributed by atoms with E-state index in [1.54, 1.807) is 45.0 Å². The maximum absolute atomic E-state index is 12.3. The molecule has 0 radical (unpaired) electrons. The summed E-state index contributed by atoms with van der Waals surface area (Å²) in [5, 5.41) is 0.569. The van der Waals surface area contributed by atoms with Crippen molar-refractivity contribution < 1.29 is 14.1 Å². The molecule has 0 unspecified atom stereocenters. The van der Waals surface area contributed by atoms with E-state index in [1.807, 2.05) is 0 Å². The highest BCUT2D eigenvalue weighted by Gasteiger charge is 2.34. The maximum atomic E-state index is 12.3. The standard InChI is InChI=1S/C14H14ClNO4/c1-9-8-12(17)16(20-9)13(18)14(2,3)19-11-6-4-10(15)5-7-11/h4-8H,1-3H3. The van der Waals surface area contributed by atoms with Gasteiger partial charge in [-0.3, -0.25) is 9.59 Å². The Bertz CT molecular complexity index is 682. The molecule has 106 valence electrons. The molecule has 0 aliphatic rings. The molecule has 0 fully saturated rings. The lowest BCUT2D eigenvalue weighted by Gasteiger charge is -2.23. The van der Waals surface area contributed by atoms with Crippen molar-refractivity contribution in [1.29, 1.82) is 0 Å². The van der Waals surface area contributed by atoms with Gasteiger partial charge in [0.2, 0.25) is 0 Å². The van der Waals surface area contributed by atoms with Gasteiger partial charge in [0, 0.05) is 11.1 Å². The predicted molar refractivity (Wildman–Crippen MR) is 74.5 cm³/mol. The van der Waals surface area contributed by atoms with Crippen molar-refractivity contribution in [2.45, 2.75) is 26.4 Å². The minimum atomic E-state index is -1.25. The van der Waals surface area contributed by atoms with E-state index in [-0.39, 0.29) is 0 Å². The van der Waals surface area contributed by atoms with Crippen molar-refractivity contribution >= 4 is 17.5 Å². The second kappa shape index (κ2) is 5.17. The first-order valence-corrected chi connectivity index (χ1v) is 6.37. The number of ether oxygens (including phenoxy) is 1. The second-order valence-electron chi connectivity index (χ2n) is 4.85. The molecule has 0 bridgehead atoms. The summed E-state index contributed by atoms with van der Waals surface area (Å²) in [7, 11) is 0. The number of aryl methyl sites for hydroxylation is 1. The first-order chi connectivity index (χ1) is 9.29. The maximum Gasteiger partial charge on any atom is 0.306 e. The van der Waals surface area contributed by atoms with Gasteiger partial charge in [0.05, 0.1) is 0 Å². The van der Waals surface area contributed by atoms with E-state index in [0.29, 0.717) is 21.3 Å². The van der Waals surface area contributed by atoms with Gasteiger partial charge in [0.15, 0.2) is 5.60 Å². The smallest absolute Gasteiger partial charge is 0.306 e. The summed E-state index contributed by atoms with van der Waals surface area (Å²) in [4.78, 5) is 23.9. The Labute approximate surface area is 120 Å². The molecule has 1 heterocycles. The van der Waals surface area contributed by atoms with Gasteiger partial charge in [-0.2, -0.15) is 0 Å². The second-order valence-corrected chi connectivity index (χ2v) is 5.29. The topological polar surface area (TPSA) is 61.4 Å². The van der Waals surface area contributed by atoms with E-state index in [4.69, 9.17) is 20.9 Å². The minimum Gasteiger partial charge on any atom is -0.478 e. The van der Waals surface area contributed by atoms with Crippen LogP contribution in [0.3, 0.4) is 0 Å². The molecule has 2 rings (SSSR count). The summed E-state index contributed by atoms with van der Waals surface area (Å²) >= 11 is 5.78. The van der Waals surface area contributed by atoms with Gasteiger partial charge in [-0.15, -0.1) is 0 Å². The summed E-state index contributed by atoms with van der Waals surface area (Å²) in [5.74, 6) is 0.264. The highest BCUT2D eigenvalue weighted by atomic mass is 35.5. The number of rotatable bonds is 3. The van der Waals surface area contributed by atoms with Crippen molar-refractivity contribution in [3.63, 3.8) is 0 Å². The number of carbonyl (C=O) groups is 1. The fraction of sp³-hybridized carbons (Fsp3) is 0.286. The van der Waals surface area contributed by atoms with E-state index in [9.17, 15) is 9.59 Å². The van der Waals surface area contributed by atoms with Gasteiger partial charge in [-0.1, -0.05) is 16.3 Å². The van der Waals surface area contributed by atoms with E-state index < -0.39 is 17.1 Å². The molecule has 0 saturated heterocycles. The molecule has 0 N–H and O–H groups in total. The van der Waals surface area contributed by atoms with Crippen LogP contribution in [0.15, 0.2) is 39.6 Å². The van der Waals surface area contributed by atoms with Gasteiger partial charge in [0.1, 0.15) is 11.5 Å². The third-order valence-corrected chi connectivity index (χ3v) is 2.90. The van der Waals surface area contributed by atoms with Crippen LogP contribution in [0, 0.1) is 6.92 Å². The summed E-state index contributed by atoms with van der Waals surface area (Å²) < 4.78 is 11.4. The van der Waals surface area contributed by atoms with Gasteiger partial charge in [-0.25, -0.2) is 0 Å².